The van der Waals surface area contributed by atoms with Gasteiger partial charge in [-0.15, -0.1) is 0 Å². The number of aliphatic hydroxyl groups excluding tert-OH is 1. The predicted molar refractivity (Wildman–Crippen MR) is 215 cm³/mol. The van der Waals surface area contributed by atoms with Crippen molar-refractivity contribution < 1.29 is 14.6 Å². The average molecular weight is 709 g/mol. The Balaban J connectivity index is 1.07. The Morgan fingerprint density at radius 1 is 0.667 bits per heavy atom. The van der Waals surface area contributed by atoms with E-state index < -0.39 is 0 Å². The molecule has 0 aliphatic heterocycles. The van der Waals surface area contributed by atoms with Crippen molar-refractivity contribution in [2.75, 3.05) is 6.61 Å². The number of allylic oxidation sites excluding steroid dienone is 1. The van der Waals surface area contributed by atoms with Gasteiger partial charge in [0.05, 0.1) is 0 Å². The van der Waals surface area contributed by atoms with Crippen LogP contribution >= 0.6 is 0 Å². The lowest BCUT2D eigenvalue weighted by Crippen LogP contribution is -2.67. The maximum Gasteiger partial charge on any atom is 0.306 e. The summed E-state index contributed by atoms with van der Waals surface area (Å²) < 4.78 is 6.42. The van der Waals surface area contributed by atoms with E-state index >= 15 is 0 Å². The minimum Gasteiger partial charge on any atom is -0.462 e. The van der Waals surface area contributed by atoms with Gasteiger partial charge in [0.1, 0.15) is 6.10 Å². The molecule has 0 bridgehead atoms. The fourth-order valence-electron chi connectivity index (χ4n) is 14.6. The van der Waals surface area contributed by atoms with Crippen molar-refractivity contribution in [1.82, 2.24) is 0 Å². The average Bonchev–Trinajstić information content (AvgIpc) is 3.49. The number of rotatable bonds is 19. The largest absolute Gasteiger partial charge is 0.462 e. The SMILES string of the molecule is C=C(C)[C@@H]1CC[C@]2(CO)CC[C@]3(C)[C@H](CC[C@@H]4[C@@]5(C)CC[C@H](OC(=O)CCCCCCCCCCCCCCCCC)C(C)(C)[C@@H]5CC[C@]43C)[C@@H]12. The Morgan fingerprint density at radius 3 is 1.82 bits per heavy atom. The molecule has 5 aliphatic carbocycles. The molecule has 3 nitrogen and oxygen atoms in total. The molecule has 5 saturated carbocycles. The molecule has 3 heteroatoms. The van der Waals surface area contributed by atoms with Crippen molar-refractivity contribution >= 4 is 5.97 Å². The minimum absolute atomic E-state index is 0.00586. The van der Waals surface area contributed by atoms with Crippen LogP contribution in [0.15, 0.2) is 12.2 Å². The van der Waals surface area contributed by atoms with Gasteiger partial charge in [0.15, 0.2) is 0 Å². The van der Waals surface area contributed by atoms with Crippen LogP contribution in [0.5, 0.6) is 0 Å². The van der Waals surface area contributed by atoms with Crippen molar-refractivity contribution in [3.05, 3.63) is 12.2 Å². The third-order valence-corrected chi connectivity index (χ3v) is 17.8. The van der Waals surface area contributed by atoms with E-state index in [4.69, 9.17) is 4.74 Å². The summed E-state index contributed by atoms with van der Waals surface area (Å²) in [5.74, 6) is 3.22. The Hall–Kier alpha value is -0.830. The number of hydrogen-bond donors (Lipinski definition) is 1. The molecule has 0 aromatic heterocycles. The molecule has 0 amide bonds. The predicted octanol–water partition coefficient (Wildman–Crippen LogP) is 13.8. The standard InChI is InChI=1S/C48H84O3/c1-9-10-11-12-13-14-15-16-17-18-19-20-21-22-23-24-42(50)51-41-29-30-45(6)39(44(41,4)5)28-31-47(8)40(45)26-25-38-43-37(36(2)3)27-32-48(43,35-49)34-33-46(38,47)7/h37-41,43,49H,2,9-35H2,1,3-8H3/t37-,38+,39-,40+,41-,43+,45-,46+,47+,48+/m0/s1. The molecule has 10 atom stereocenters. The number of carbonyl (C=O) groups is 1. The van der Waals surface area contributed by atoms with E-state index in [1.165, 1.54) is 147 Å². The lowest BCUT2D eigenvalue weighted by molar-refractivity contribution is -0.251. The second kappa shape index (κ2) is 17.3. The summed E-state index contributed by atoms with van der Waals surface area (Å²) >= 11 is 0. The molecule has 5 aliphatic rings. The van der Waals surface area contributed by atoms with Gasteiger partial charge in [0, 0.05) is 18.4 Å². The van der Waals surface area contributed by atoms with Crippen LogP contribution < -0.4 is 0 Å². The van der Waals surface area contributed by atoms with Crippen LogP contribution in [-0.4, -0.2) is 23.8 Å². The molecule has 294 valence electrons. The van der Waals surface area contributed by atoms with Gasteiger partial charge in [0.25, 0.3) is 0 Å². The van der Waals surface area contributed by atoms with E-state index in [0.717, 1.165) is 19.3 Å². The van der Waals surface area contributed by atoms with Crippen LogP contribution in [0.1, 0.15) is 215 Å². The highest BCUT2D eigenvalue weighted by atomic mass is 16.5. The van der Waals surface area contributed by atoms with Crippen molar-refractivity contribution in [3.8, 4) is 0 Å². The van der Waals surface area contributed by atoms with Crippen LogP contribution in [0.2, 0.25) is 0 Å². The number of aliphatic hydroxyl groups is 1. The first kappa shape index (κ1) is 41.3. The van der Waals surface area contributed by atoms with Crippen LogP contribution in [0.25, 0.3) is 0 Å². The topological polar surface area (TPSA) is 46.5 Å². The smallest absolute Gasteiger partial charge is 0.306 e. The van der Waals surface area contributed by atoms with Crippen LogP contribution in [0.3, 0.4) is 0 Å². The number of carbonyl (C=O) groups excluding carboxylic acids is 1. The molecule has 51 heavy (non-hydrogen) atoms. The fraction of sp³-hybridized carbons (Fsp3) is 0.938. The van der Waals surface area contributed by atoms with E-state index in [0.29, 0.717) is 53.4 Å². The van der Waals surface area contributed by atoms with Gasteiger partial charge in [-0.3, -0.25) is 4.79 Å². The van der Waals surface area contributed by atoms with Gasteiger partial charge in [-0.2, -0.15) is 0 Å². The van der Waals surface area contributed by atoms with Gasteiger partial charge in [-0.05, 0) is 129 Å². The number of unbranched alkanes of at least 4 members (excludes halogenated alkanes) is 14. The first-order chi connectivity index (χ1) is 24.3. The first-order valence-corrected chi connectivity index (χ1v) is 22.8. The normalized spacial score (nSPS) is 39.8. The highest BCUT2D eigenvalue weighted by molar-refractivity contribution is 5.69. The van der Waals surface area contributed by atoms with Crippen molar-refractivity contribution in [1.29, 1.82) is 0 Å². The van der Waals surface area contributed by atoms with E-state index in [9.17, 15) is 9.90 Å². The molecule has 0 radical (unpaired) electrons. The molecule has 0 heterocycles. The summed E-state index contributed by atoms with van der Waals surface area (Å²) in [6, 6.07) is 0. The molecule has 5 fully saturated rings. The Morgan fingerprint density at radius 2 is 1.25 bits per heavy atom. The number of fused-ring (bicyclic) bond motifs is 7. The van der Waals surface area contributed by atoms with E-state index in [1.807, 2.05) is 0 Å². The monoisotopic (exact) mass is 709 g/mol. The molecule has 1 N–H and O–H groups in total. The molecular formula is C48H84O3. The highest BCUT2D eigenvalue weighted by Crippen LogP contribution is 2.77. The third kappa shape index (κ3) is 8.11. The summed E-state index contributed by atoms with van der Waals surface area (Å²) in [5, 5.41) is 10.8. The summed E-state index contributed by atoms with van der Waals surface area (Å²) in [6.45, 7) is 22.4. The minimum atomic E-state index is 0.00586. The second-order valence-corrected chi connectivity index (χ2v) is 20.7. The molecular weight excluding hydrogens is 625 g/mol. The third-order valence-electron chi connectivity index (χ3n) is 17.8. The number of ether oxygens (including phenoxy) is 1. The van der Waals surface area contributed by atoms with E-state index in [-0.39, 0.29) is 28.3 Å². The van der Waals surface area contributed by atoms with Crippen LogP contribution in [0.4, 0.5) is 0 Å². The molecule has 0 saturated heterocycles. The van der Waals surface area contributed by atoms with Gasteiger partial charge in [-0.25, -0.2) is 0 Å². The summed E-state index contributed by atoms with van der Waals surface area (Å²) in [5.41, 5.74) is 2.40. The van der Waals surface area contributed by atoms with Crippen LogP contribution in [0, 0.1) is 56.7 Å². The number of hydrogen-bond acceptors (Lipinski definition) is 3. The molecule has 5 rings (SSSR count). The van der Waals surface area contributed by atoms with Gasteiger partial charge in [-0.1, -0.05) is 144 Å². The van der Waals surface area contributed by atoms with Crippen molar-refractivity contribution in [3.63, 3.8) is 0 Å². The van der Waals surface area contributed by atoms with Gasteiger partial charge in [0.2, 0.25) is 0 Å². The second-order valence-electron chi connectivity index (χ2n) is 20.7. The van der Waals surface area contributed by atoms with Gasteiger partial charge >= 0.3 is 5.97 Å². The molecule has 0 aromatic carbocycles. The quantitative estimate of drug-likeness (QED) is 0.0825. The molecule has 0 unspecified atom stereocenters. The van der Waals surface area contributed by atoms with Gasteiger partial charge < -0.3 is 9.84 Å². The van der Waals surface area contributed by atoms with Crippen molar-refractivity contribution in [2.45, 2.75) is 222 Å². The molecule has 0 aromatic rings. The first-order valence-electron chi connectivity index (χ1n) is 22.8. The molecule has 0 spiro atoms. The van der Waals surface area contributed by atoms with E-state index in [2.05, 4.69) is 55.0 Å². The summed E-state index contributed by atoms with van der Waals surface area (Å²) in [4.78, 5) is 13.2. The maximum atomic E-state index is 13.2. The highest BCUT2D eigenvalue weighted by Gasteiger charge is 2.71. The van der Waals surface area contributed by atoms with E-state index in [1.54, 1.807) is 0 Å². The zero-order valence-electron chi connectivity index (χ0n) is 35.0. The Labute approximate surface area is 316 Å². The lowest BCUT2D eigenvalue weighted by atomic mass is 9.32. The Kier molecular flexibility index (Phi) is 14.0. The van der Waals surface area contributed by atoms with Crippen molar-refractivity contribution in [2.24, 2.45) is 56.7 Å². The number of esters is 1. The maximum absolute atomic E-state index is 13.2. The van der Waals surface area contributed by atoms with Crippen LogP contribution in [-0.2, 0) is 9.53 Å². The zero-order valence-corrected chi connectivity index (χ0v) is 35.0. The zero-order chi connectivity index (χ0) is 36.9. The summed E-state index contributed by atoms with van der Waals surface area (Å²) in [6.07, 6.45) is 33.1. The fourth-order valence-corrected chi connectivity index (χ4v) is 14.6. The lowest BCUT2D eigenvalue weighted by Gasteiger charge is -2.73. The Bertz CT molecular complexity index is 1140. The summed E-state index contributed by atoms with van der Waals surface area (Å²) in [7, 11) is 0.